The summed E-state index contributed by atoms with van der Waals surface area (Å²) in [6.07, 6.45) is 10.0. The Kier molecular flexibility index (Phi) is 8.95. The molecule has 0 amide bonds. The summed E-state index contributed by atoms with van der Waals surface area (Å²) in [5.41, 5.74) is 7.49. The maximum Gasteiger partial charge on any atom is 0.133 e. The van der Waals surface area contributed by atoms with E-state index in [4.69, 9.17) is 10.5 Å². The van der Waals surface area contributed by atoms with Crippen LogP contribution < -0.4 is 10.5 Å². The number of unbranched alkanes of at least 4 members (excludes halogenated alkanes) is 5. The Bertz CT molecular complexity index is 381. The molecule has 20 heavy (non-hydrogen) atoms. The predicted octanol–water partition coefficient (Wildman–Crippen LogP) is 5.08. The van der Waals surface area contributed by atoms with E-state index in [9.17, 15) is 0 Å². The molecular formula is C17H28BrNO. The van der Waals surface area contributed by atoms with Crippen molar-refractivity contribution in [2.45, 2.75) is 64.3 Å². The Hall–Kier alpha value is -0.540. The van der Waals surface area contributed by atoms with Gasteiger partial charge in [-0.1, -0.05) is 51.5 Å². The molecular weight excluding hydrogens is 314 g/mol. The number of nitrogens with two attached hydrogens (primary N) is 1. The second-order valence-electron chi connectivity index (χ2n) is 5.49. The van der Waals surface area contributed by atoms with Gasteiger partial charge in [-0.25, -0.2) is 0 Å². The van der Waals surface area contributed by atoms with E-state index in [-0.39, 0.29) is 6.04 Å². The summed E-state index contributed by atoms with van der Waals surface area (Å²) in [6.45, 7) is 2.25. The molecule has 0 radical (unpaired) electrons. The molecule has 114 valence electrons. The van der Waals surface area contributed by atoms with E-state index in [0.29, 0.717) is 0 Å². The van der Waals surface area contributed by atoms with Crippen LogP contribution in [-0.2, 0) is 6.42 Å². The highest BCUT2D eigenvalue weighted by molar-refractivity contribution is 9.10. The Balaban J connectivity index is 2.24. The number of halogens is 1. The number of hydrogen-bond acceptors (Lipinski definition) is 2. The van der Waals surface area contributed by atoms with Crippen LogP contribution in [0.3, 0.4) is 0 Å². The highest BCUT2D eigenvalue weighted by Gasteiger charge is 2.06. The van der Waals surface area contributed by atoms with Crippen molar-refractivity contribution in [3.05, 3.63) is 28.2 Å². The average molecular weight is 342 g/mol. The minimum atomic E-state index is 0.265. The van der Waals surface area contributed by atoms with Gasteiger partial charge in [-0.15, -0.1) is 0 Å². The van der Waals surface area contributed by atoms with Crippen LogP contribution in [-0.4, -0.2) is 13.2 Å². The van der Waals surface area contributed by atoms with Crippen molar-refractivity contribution in [3.8, 4) is 5.75 Å². The van der Waals surface area contributed by atoms with E-state index in [1.807, 2.05) is 6.07 Å². The molecule has 0 spiro atoms. The van der Waals surface area contributed by atoms with Crippen LogP contribution in [0.25, 0.3) is 0 Å². The number of benzene rings is 1. The third-order valence-corrected chi connectivity index (χ3v) is 4.26. The van der Waals surface area contributed by atoms with E-state index in [1.54, 1.807) is 7.11 Å². The molecule has 0 saturated carbocycles. The van der Waals surface area contributed by atoms with Gasteiger partial charge in [0.2, 0.25) is 0 Å². The van der Waals surface area contributed by atoms with Gasteiger partial charge >= 0.3 is 0 Å². The average Bonchev–Trinajstić information content (AvgIpc) is 2.43. The number of ether oxygens (including phenoxy) is 1. The fourth-order valence-corrected chi connectivity index (χ4v) is 3.02. The molecule has 2 N–H and O–H groups in total. The normalized spacial score (nSPS) is 12.4. The first-order chi connectivity index (χ1) is 9.67. The molecule has 3 heteroatoms. The lowest BCUT2D eigenvalue weighted by atomic mass is 10.0. The zero-order chi connectivity index (χ0) is 14.8. The van der Waals surface area contributed by atoms with Crippen molar-refractivity contribution in [3.63, 3.8) is 0 Å². The van der Waals surface area contributed by atoms with Crippen molar-refractivity contribution in [1.82, 2.24) is 0 Å². The van der Waals surface area contributed by atoms with Gasteiger partial charge in [0.05, 0.1) is 11.6 Å². The van der Waals surface area contributed by atoms with Crippen LogP contribution in [0.15, 0.2) is 22.7 Å². The molecule has 0 aromatic heterocycles. The molecule has 1 aromatic carbocycles. The van der Waals surface area contributed by atoms with Gasteiger partial charge in [-0.05, 0) is 46.5 Å². The van der Waals surface area contributed by atoms with Gasteiger partial charge < -0.3 is 10.5 Å². The Morgan fingerprint density at radius 2 is 1.85 bits per heavy atom. The highest BCUT2D eigenvalue weighted by Crippen LogP contribution is 2.26. The molecule has 1 unspecified atom stereocenters. The lowest BCUT2D eigenvalue weighted by Crippen LogP contribution is -2.22. The van der Waals surface area contributed by atoms with Crippen molar-refractivity contribution in [2.75, 3.05) is 7.11 Å². The fraction of sp³-hybridized carbons (Fsp3) is 0.647. The van der Waals surface area contributed by atoms with Crippen LogP contribution >= 0.6 is 15.9 Å². The van der Waals surface area contributed by atoms with Crippen molar-refractivity contribution >= 4 is 15.9 Å². The summed E-state index contributed by atoms with van der Waals surface area (Å²) in [7, 11) is 1.68. The summed E-state index contributed by atoms with van der Waals surface area (Å²) >= 11 is 3.52. The summed E-state index contributed by atoms with van der Waals surface area (Å²) in [5.74, 6) is 0.873. The first-order valence-electron chi connectivity index (χ1n) is 7.75. The first kappa shape index (κ1) is 17.5. The lowest BCUT2D eigenvalue weighted by molar-refractivity contribution is 0.412. The van der Waals surface area contributed by atoms with Crippen LogP contribution in [0, 0.1) is 0 Å². The second-order valence-corrected chi connectivity index (χ2v) is 6.34. The number of hydrogen-bond donors (Lipinski definition) is 1. The van der Waals surface area contributed by atoms with Crippen LogP contribution in [0.1, 0.15) is 57.4 Å². The Morgan fingerprint density at radius 1 is 1.15 bits per heavy atom. The van der Waals surface area contributed by atoms with Crippen molar-refractivity contribution in [1.29, 1.82) is 0 Å². The maximum atomic E-state index is 6.22. The van der Waals surface area contributed by atoms with Gasteiger partial charge in [0, 0.05) is 6.04 Å². The molecule has 0 saturated heterocycles. The van der Waals surface area contributed by atoms with Crippen molar-refractivity contribution in [2.24, 2.45) is 5.73 Å². The first-order valence-corrected chi connectivity index (χ1v) is 8.54. The van der Waals surface area contributed by atoms with Gasteiger partial charge in [0.1, 0.15) is 5.75 Å². The van der Waals surface area contributed by atoms with E-state index in [1.165, 1.54) is 44.1 Å². The minimum Gasteiger partial charge on any atom is -0.496 e. The fourth-order valence-electron chi connectivity index (χ4n) is 2.43. The van der Waals surface area contributed by atoms with Gasteiger partial charge in [0.15, 0.2) is 0 Å². The van der Waals surface area contributed by atoms with Gasteiger partial charge in [-0.3, -0.25) is 0 Å². The SMILES string of the molecule is CCCCCCCCC(N)Cc1ccc(OC)c(Br)c1. The molecule has 0 aliphatic heterocycles. The van der Waals surface area contributed by atoms with Gasteiger partial charge in [0.25, 0.3) is 0 Å². The lowest BCUT2D eigenvalue weighted by Gasteiger charge is -2.12. The maximum absolute atomic E-state index is 6.22. The smallest absolute Gasteiger partial charge is 0.133 e. The summed E-state index contributed by atoms with van der Waals surface area (Å²) in [4.78, 5) is 0. The highest BCUT2D eigenvalue weighted by atomic mass is 79.9. The molecule has 1 aromatic rings. The van der Waals surface area contributed by atoms with E-state index in [0.717, 1.165) is 23.1 Å². The quantitative estimate of drug-likeness (QED) is 0.602. The molecule has 1 atom stereocenters. The third kappa shape index (κ3) is 6.76. The van der Waals surface area contributed by atoms with E-state index < -0.39 is 0 Å². The Morgan fingerprint density at radius 3 is 2.50 bits per heavy atom. The molecule has 0 aliphatic rings. The molecule has 0 aliphatic carbocycles. The van der Waals surface area contributed by atoms with Crippen LogP contribution in [0.4, 0.5) is 0 Å². The zero-order valence-electron chi connectivity index (χ0n) is 12.8. The molecule has 2 nitrogen and oxygen atoms in total. The molecule has 1 rings (SSSR count). The van der Waals surface area contributed by atoms with E-state index in [2.05, 4.69) is 35.0 Å². The largest absolute Gasteiger partial charge is 0.496 e. The minimum absolute atomic E-state index is 0.265. The standard InChI is InChI=1S/C17H28BrNO/c1-3-4-5-6-7-8-9-15(19)12-14-10-11-17(20-2)16(18)13-14/h10-11,13,15H,3-9,12,19H2,1-2H3. The second kappa shape index (κ2) is 10.2. The number of rotatable bonds is 10. The van der Waals surface area contributed by atoms with Gasteiger partial charge in [-0.2, -0.15) is 0 Å². The van der Waals surface area contributed by atoms with Crippen LogP contribution in [0.2, 0.25) is 0 Å². The number of methoxy groups -OCH3 is 1. The summed E-state index contributed by atoms with van der Waals surface area (Å²) < 4.78 is 6.24. The summed E-state index contributed by atoms with van der Waals surface area (Å²) in [6, 6.07) is 6.48. The van der Waals surface area contributed by atoms with Crippen molar-refractivity contribution < 1.29 is 4.74 Å². The third-order valence-electron chi connectivity index (χ3n) is 3.64. The predicted molar refractivity (Wildman–Crippen MR) is 90.4 cm³/mol. The monoisotopic (exact) mass is 341 g/mol. The molecule has 0 heterocycles. The topological polar surface area (TPSA) is 35.2 Å². The zero-order valence-corrected chi connectivity index (χ0v) is 14.4. The van der Waals surface area contributed by atoms with Crippen LogP contribution in [0.5, 0.6) is 5.75 Å². The molecule has 0 bridgehead atoms. The summed E-state index contributed by atoms with van der Waals surface area (Å²) in [5, 5.41) is 0. The molecule has 0 fully saturated rings. The Labute approximate surface area is 132 Å². The van der Waals surface area contributed by atoms with E-state index >= 15 is 0 Å².